The van der Waals surface area contributed by atoms with E-state index < -0.39 is 0 Å². The second-order valence-electron chi connectivity index (χ2n) is 4.11. The molecule has 5 nitrogen and oxygen atoms in total. The molecule has 17 heavy (non-hydrogen) atoms. The Morgan fingerprint density at radius 3 is 3.00 bits per heavy atom. The standard InChI is InChI=1S/C12H16N4O/c1-2-17-11-5-10(14)12(11)16-9-4-3-8(6-13)15-7-9/h3-4,7,10-12,16H,2,5,14H2,1H3. The fraction of sp³-hybridized carbons (Fsp3) is 0.500. The number of hydrogen-bond acceptors (Lipinski definition) is 5. The summed E-state index contributed by atoms with van der Waals surface area (Å²) in [5.74, 6) is 0. The van der Waals surface area contributed by atoms with Crippen molar-refractivity contribution in [1.29, 1.82) is 5.26 Å². The van der Waals surface area contributed by atoms with Crippen molar-refractivity contribution in [2.24, 2.45) is 5.73 Å². The van der Waals surface area contributed by atoms with Crippen LogP contribution < -0.4 is 11.1 Å². The predicted octanol–water partition coefficient (Wildman–Crippen LogP) is 0.870. The molecule has 3 N–H and O–H groups in total. The fourth-order valence-corrected chi connectivity index (χ4v) is 1.96. The van der Waals surface area contributed by atoms with Crippen LogP contribution in [0.1, 0.15) is 19.0 Å². The van der Waals surface area contributed by atoms with Crippen LogP contribution in [0.15, 0.2) is 18.3 Å². The number of hydrogen-bond donors (Lipinski definition) is 2. The van der Waals surface area contributed by atoms with E-state index in [2.05, 4.69) is 10.3 Å². The summed E-state index contributed by atoms with van der Waals surface area (Å²) < 4.78 is 5.56. The molecule has 0 spiro atoms. The summed E-state index contributed by atoms with van der Waals surface area (Å²) in [6.45, 7) is 2.67. The molecule has 0 aliphatic heterocycles. The third-order valence-electron chi connectivity index (χ3n) is 2.96. The van der Waals surface area contributed by atoms with Crippen molar-refractivity contribution in [1.82, 2.24) is 4.98 Å². The van der Waals surface area contributed by atoms with Gasteiger partial charge in [-0.25, -0.2) is 4.98 Å². The number of nitriles is 1. The molecule has 0 amide bonds. The lowest BCUT2D eigenvalue weighted by atomic mass is 9.83. The van der Waals surface area contributed by atoms with E-state index in [1.54, 1.807) is 12.3 Å². The molecule has 0 bridgehead atoms. The van der Waals surface area contributed by atoms with E-state index in [1.807, 2.05) is 19.1 Å². The van der Waals surface area contributed by atoms with E-state index in [-0.39, 0.29) is 18.2 Å². The first-order chi connectivity index (χ1) is 8.24. The summed E-state index contributed by atoms with van der Waals surface area (Å²) in [6.07, 6.45) is 2.70. The number of rotatable bonds is 4. The van der Waals surface area contributed by atoms with E-state index in [0.717, 1.165) is 12.1 Å². The van der Waals surface area contributed by atoms with Gasteiger partial charge in [0.05, 0.1) is 24.0 Å². The van der Waals surface area contributed by atoms with Crippen LogP contribution in [-0.2, 0) is 4.74 Å². The Hall–Kier alpha value is -1.64. The maximum absolute atomic E-state index is 8.65. The molecule has 0 saturated heterocycles. The van der Waals surface area contributed by atoms with E-state index in [0.29, 0.717) is 12.3 Å². The van der Waals surface area contributed by atoms with Crippen LogP contribution in [0.4, 0.5) is 5.69 Å². The largest absolute Gasteiger partial charge is 0.377 e. The van der Waals surface area contributed by atoms with Gasteiger partial charge >= 0.3 is 0 Å². The Morgan fingerprint density at radius 1 is 1.65 bits per heavy atom. The average molecular weight is 232 g/mol. The average Bonchev–Trinajstić information content (AvgIpc) is 2.36. The maximum atomic E-state index is 8.65. The van der Waals surface area contributed by atoms with Gasteiger partial charge in [-0.2, -0.15) is 5.26 Å². The van der Waals surface area contributed by atoms with Gasteiger partial charge < -0.3 is 15.8 Å². The monoisotopic (exact) mass is 232 g/mol. The van der Waals surface area contributed by atoms with Crippen LogP contribution in [0.2, 0.25) is 0 Å². The number of pyridine rings is 1. The first-order valence-electron chi connectivity index (χ1n) is 5.74. The highest BCUT2D eigenvalue weighted by molar-refractivity contribution is 5.45. The van der Waals surface area contributed by atoms with Crippen LogP contribution in [0.3, 0.4) is 0 Å². The van der Waals surface area contributed by atoms with E-state index in [1.165, 1.54) is 0 Å². The Morgan fingerprint density at radius 2 is 2.47 bits per heavy atom. The van der Waals surface area contributed by atoms with Crippen LogP contribution in [0.5, 0.6) is 0 Å². The van der Waals surface area contributed by atoms with Crippen molar-refractivity contribution in [2.75, 3.05) is 11.9 Å². The van der Waals surface area contributed by atoms with E-state index in [9.17, 15) is 0 Å². The Labute approximate surface area is 101 Å². The van der Waals surface area contributed by atoms with E-state index >= 15 is 0 Å². The van der Waals surface area contributed by atoms with Gasteiger partial charge in [0.1, 0.15) is 11.8 Å². The van der Waals surface area contributed by atoms with Crippen LogP contribution in [0.25, 0.3) is 0 Å². The van der Waals surface area contributed by atoms with Gasteiger partial charge in [-0.1, -0.05) is 0 Å². The molecule has 0 radical (unpaired) electrons. The normalized spacial score (nSPS) is 27.0. The first kappa shape index (κ1) is 11.8. The highest BCUT2D eigenvalue weighted by atomic mass is 16.5. The zero-order chi connectivity index (χ0) is 12.3. The van der Waals surface area contributed by atoms with Crippen LogP contribution in [-0.4, -0.2) is 29.8 Å². The molecule has 3 unspecified atom stereocenters. The molecule has 1 fully saturated rings. The van der Waals surface area contributed by atoms with Gasteiger partial charge in [0.15, 0.2) is 0 Å². The molecule has 2 rings (SSSR count). The number of anilines is 1. The molecule has 1 aromatic rings. The quantitative estimate of drug-likeness (QED) is 0.804. The van der Waals surface area contributed by atoms with Gasteiger partial charge in [0, 0.05) is 12.6 Å². The van der Waals surface area contributed by atoms with Crippen LogP contribution in [0, 0.1) is 11.3 Å². The van der Waals surface area contributed by atoms with Gasteiger partial charge in [-0.15, -0.1) is 0 Å². The third kappa shape index (κ3) is 2.54. The highest BCUT2D eigenvalue weighted by Gasteiger charge is 2.39. The molecule has 1 aliphatic carbocycles. The SMILES string of the molecule is CCOC1CC(N)C1Nc1ccc(C#N)nc1. The van der Waals surface area contributed by atoms with Crippen molar-refractivity contribution >= 4 is 5.69 Å². The fourth-order valence-electron chi connectivity index (χ4n) is 1.96. The molecule has 0 aromatic carbocycles. The lowest BCUT2D eigenvalue weighted by molar-refractivity contribution is -0.0126. The van der Waals surface area contributed by atoms with Crippen molar-refractivity contribution in [3.63, 3.8) is 0 Å². The predicted molar refractivity (Wildman–Crippen MR) is 64.4 cm³/mol. The van der Waals surface area contributed by atoms with Gasteiger partial charge in [0.2, 0.25) is 0 Å². The highest BCUT2D eigenvalue weighted by Crippen LogP contribution is 2.26. The molecule has 1 aliphatic rings. The first-order valence-corrected chi connectivity index (χ1v) is 5.74. The molecule has 1 aromatic heterocycles. The van der Waals surface area contributed by atoms with Crippen LogP contribution >= 0.6 is 0 Å². The lowest BCUT2D eigenvalue weighted by Gasteiger charge is -2.42. The number of nitrogens with zero attached hydrogens (tertiary/aromatic N) is 2. The number of nitrogens with two attached hydrogens (primary N) is 1. The molecule has 3 atom stereocenters. The number of ether oxygens (including phenoxy) is 1. The minimum atomic E-state index is 0.113. The summed E-state index contributed by atoms with van der Waals surface area (Å²) in [7, 11) is 0. The zero-order valence-electron chi connectivity index (χ0n) is 9.76. The molecular formula is C12H16N4O. The second-order valence-corrected chi connectivity index (χ2v) is 4.11. The molecule has 90 valence electrons. The lowest BCUT2D eigenvalue weighted by Crippen LogP contribution is -2.60. The Kier molecular flexibility index (Phi) is 3.57. The van der Waals surface area contributed by atoms with E-state index in [4.69, 9.17) is 15.7 Å². The summed E-state index contributed by atoms with van der Waals surface area (Å²) in [4.78, 5) is 4.00. The molecule has 5 heteroatoms. The Bertz CT molecular complexity index is 410. The van der Waals surface area contributed by atoms with Crippen molar-refractivity contribution < 1.29 is 4.74 Å². The minimum Gasteiger partial charge on any atom is -0.377 e. The summed E-state index contributed by atoms with van der Waals surface area (Å²) >= 11 is 0. The third-order valence-corrected chi connectivity index (χ3v) is 2.96. The summed E-state index contributed by atoms with van der Waals surface area (Å²) in [6, 6.07) is 5.74. The smallest absolute Gasteiger partial charge is 0.140 e. The molecule has 1 saturated carbocycles. The van der Waals surface area contributed by atoms with Crippen molar-refractivity contribution in [3.8, 4) is 6.07 Å². The zero-order valence-corrected chi connectivity index (χ0v) is 9.76. The second kappa shape index (κ2) is 5.13. The summed E-state index contributed by atoms with van der Waals surface area (Å²) in [5.41, 5.74) is 7.21. The van der Waals surface area contributed by atoms with Gasteiger partial charge in [0.25, 0.3) is 0 Å². The van der Waals surface area contributed by atoms with Gasteiger partial charge in [-0.3, -0.25) is 0 Å². The number of nitrogens with one attached hydrogen (secondary N) is 1. The number of aromatic nitrogens is 1. The topological polar surface area (TPSA) is 84.0 Å². The van der Waals surface area contributed by atoms with Crippen molar-refractivity contribution in [2.45, 2.75) is 31.5 Å². The van der Waals surface area contributed by atoms with Gasteiger partial charge in [-0.05, 0) is 25.5 Å². The molecular weight excluding hydrogens is 216 g/mol. The summed E-state index contributed by atoms with van der Waals surface area (Å²) in [5, 5.41) is 11.9. The molecule has 1 heterocycles. The maximum Gasteiger partial charge on any atom is 0.140 e. The minimum absolute atomic E-state index is 0.113. The van der Waals surface area contributed by atoms with Crippen molar-refractivity contribution in [3.05, 3.63) is 24.0 Å². The Balaban J connectivity index is 1.97.